The molecule has 0 radical (unpaired) electrons. The molecule has 0 unspecified atom stereocenters. The Hall–Kier alpha value is -2.43. The molecule has 0 aliphatic carbocycles. The van der Waals surface area contributed by atoms with Crippen LogP contribution in [0.1, 0.15) is 5.82 Å². The predicted molar refractivity (Wildman–Crippen MR) is 60.6 cm³/mol. The summed E-state index contributed by atoms with van der Waals surface area (Å²) >= 11 is 0. The first-order valence-electron chi connectivity index (χ1n) is 4.63. The lowest BCUT2D eigenvalue weighted by molar-refractivity contribution is -0.113. The minimum absolute atomic E-state index is 0.241. The van der Waals surface area contributed by atoms with Crippen molar-refractivity contribution >= 4 is 22.9 Å². The molecule has 0 fully saturated rings. The summed E-state index contributed by atoms with van der Waals surface area (Å²) in [7, 11) is 0. The van der Waals surface area contributed by atoms with Crippen LogP contribution in [0.25, 0.3) is 17.0 Å². The fraction of sp³-hybridized carbons (Fsp3) is 0. The number of para-hydroxylation sites is 1. The van der Waals surface area contributed by atoms with E-state index in [1.165, 1.54) is 6.08 Å². The molecule has 1 aromatic carbocycles. The van der Waals surface area contributed by atoms with Gasteiger partial charge in [-0.25, -0.2) is 4.98 Å². The van der Waals surface area contributed by atoms with Crippen molar-refractivity contribution in [3.63, 3.8) is 0 Å². The van der Waals surface area contributed by atoms with E-state index < -0.39 is 5.91 Å². The number of hydrogen-bond acceptors (Lipinski definition) is 3. The van der Waals surface area contributed by atoms with Gasteiger partial charge in [-0.2, -0.15) is 0 Å². The number of carbonyl (C=O) groups excluding carboxylic acids is 1. The number of nitrogens with two attached hydrogens (primary N) is 1. The second-order valence-corrected chi connectivity index (χ2v) is 3.20. The van der Waals surface area contributed by atoms with Crippen LogP contribution in [0, 0.1) is 0 Å². The highest BCUT2D eigenvalue weighted by atomic mass is 16.1. The lowest BCUT2D eigenvalue weighted by Crippen LogP contribution is -2.10. The number of amides is 1. The molecule has 1 aromatic heterocycles. The molecule has 2 rings (SSSR count). The van der Waals surface area contributed by atoms with E-state index in [0.717, 1.165) is 6.08 Å². The number of primary amides is 1. The predicted octanol–water partition coefficient (Wildman–Crippen LogP) is 0.422. The van der Waals surface area contributed by atoms with E-state index >= 15 is 0 Å². The molecule has 0 bridgehead atoms. The van der Waals surface area contributed by atoms with Gasteiger partial charge in [-0.15, -0.1) is 0 Å². The zero-order valence-electron chi connectivity index (χ0n) is 8.31. The first-order valence-corrected chi connectivity index (χ1v) is 4.63. The number of aromatic nitrogens is 2. The van der Waals surface area contributed by atoms with Gasteiger partial charge < -0.3 is 10.7 Å². The molecule has 0 atom stereocenters. The van der Waals surface area contributed by atoms with Crippen molar-refractivity contribution in [3.8, 4) is 0 Å². The van der Waals surface area contributed by atoms with E-state index in [-0.39, 0.29) is 5.56 Å². The summed E-state index contributed by atoms with van der Waals surface area (Å²) in [6.07, 6.45) is 2.52. The number of benzene rings is 1. The number of nitrogens with one attached hydrogen (secondary N) is 1. The average molecular weight is 215 g/mol. The second kappa shape index (κ2) is 3.98. The number of fused-ring (bicyclic) bond motifs is 1. The van der Waals surface area contributed by atoms with Gasteiger partial charge in [0.05, 0.1) is 10.9 Å². The van der Waals surface area contributed by atoms with E-state index in [2.05, 4.69) is 9.97 Å². The Balaban J connectivity index is 2.58. The summed E-state index contributed by atoms with van der Waals surface area (Å²) in [5, 5.41) is 0.513. The lowest BCUT2D eigenvalue weighted by Gasteiger charge is -1.97. The molecular formula is C11H9N3O2. The van der Waals surface area contributed by atoms with Gasteiger partial charge in [0.15, 0.2) is 0 Å². The molecule has 5 heteroatoms. The van der Waals surface area contributed by atoms with Crippen molar-refractivity contribution in [2.75, 3.05) is 0 Å². The molecule has 1 amide bonds. The average Bonchev–Trinajstić information content (AvgIpc) is 2.26. The van der Waals surface area contributed by atoms with Gasteiger partial charge in [-0.3, -0.25) is 9.59 Å². The maximum absolute atomic E-state index is 11.6. The smallest absolute Gasteiger partial charge is 0.259 e. The number of rotatable bonds is 2. The van der Waals surface area contributed by atoms with Crippen LogP contribution in [0.4, 0.5) is 0 Å². The van der Waals surface area contributed by atoms with Crippen LogP contribution < -0.4 is 11.3 Å². The van der Waals surface area contributed by atoms with Crippen molar-refractivity contribution in [1.29, 1.82) is 0 Å². The Kier molecular flexibility index (Phi) is 2.51. The Labute approximate surface area is 90.6 Å². The highest BCUT2D eigenvalue weighted by Gasteiger charge is 2.00. The van der Waals surface area contributed by atoms with Gasteiger partial charge >= 0.3 is 0 Å². The molecule has 0 spiro atoms. The summed E-state index contributed by atoms with van der Waals surface area (Å²) < 4.78 is 0. The third-order valence-corrected chi connectivity index (χ3v) is 2.04. The number of aromatic amines is 1. The third-order valence-electron chi connectivity index (χ3n) is 2.04. The SMILES string of the molecule is NC(=O)/C=C/c1nc2ccccc2c(=O)[nH]1. The van der Waals surface area contributed by atoms with Crippen LogP contribution in [0.2, 0.25) is 0 Å². The van der Waals surface area contributed by atoms with Gasteiger partial charge in [-0.1, -0.05) is 12.1 Å². The molecular weight excluding hydrogens is 206 g/mol. The number of H-pyrrole nitrogens is 1. The first kappa shape index (κ1) is 10.1. The molecule has 5 nitrogen and oxygen atoms in total. The lowest BCUT2D eigenvalue weighted by atomic mass is 10.2. The van der Waals surface area contributed by atoms with Crippen LogP contribution in [-0.4, -0.2) is 15.9 Å². The molecule has 0 aliphatic heterocycles. The molecule has 80 valence electrons. The fourth-order valence-electron chi connectivity index (χ4n) is 1.34. The van der Waals surface area contributed by atoms with E-state index in [0.29, 0.717) is 16.7 Å². The quantitative estimate of drug-likeness (QED) is 0.711. The van der Waals surface area contributed by atoms with Crippen molar-refractivity contribution in [2.45, 2.75) is 0 Å². The third kappa shape index (κ3) is 1.98. The summed E-state index contributed by atoms with van der Waals surface area (Å²) in [6.45, 7) is 0. The monoisotopic (exact) mass is 215 g/mol. The first-order chi connectivity index (χ1) is 7.66. The molecule has 0 saturated carbocycles. The van der Waals surface area contributed by atoms with Gasteiger partial charge in [-0.05, 0) is 18.2 Å². The largest absolute Gasteiger partial charge is 0.366 e. The van der Waals surface area contributed by atoms with Gasteiger partial charge in [0.2, 0.25) is 5.91 Å². The standard InChI is InChI=1S/C11H9N3O2/c12-9(15)5-6-10-13-8-4-2-1-3-7(8)11(16)14-10/h1-6H,(H2,12,15)(H,13,14,16)/b6-5+. The van der Waals surface area contributed by atoms with E-state index in [9.17, 15) is 9.59 Å². The molecule has 3 N–H and O–H groups in total. The Bertz CT molecular complexity index is 628. The minimum Gasteiger partial charge on any atom is -0.366 e. The number of carbonyl (C=O) groups is 1. The summed E-state index contributed by atoms with van der Waals surface area (Å²) in [5.41, 5.74) is 5.28. The highest BCUT2D eigenvalue weighted by molar-refractivity contribution is 5.90. The van der Waals surface area contributed by atoms with Crippen LogP contribution >= 0.6 is 0 Å². The fourth-order valence-corrected chi connectivity index (χ4v) is 1.34. The van der Waals surface area contributed by atoms with Crippen LogP contribution in [0.3, 0.4) is 0 Å². The van der Waals surface area contributed by atoms with Gasteiger partial charge in [0.25, 0.3) is 5.56 Å². The molecule has 1 heterocycles. The zero-order chi connectivity index (χ0) is 11.5. The summed E-state index contributed by atoms with van der Waals surface area (Å²) in [5.74, 6) is -0.279. The van der Waals surface area contributed by atoms with E-state index in [4.69, 9.17) is 5.73 Å². The number of nitrogens with zero attached hydrogens (tertiary/aromatic N) is 1. The number of hydrogen-bond donors (Lipinski definition) is 2. The molecule has 16 heavy (non-hydrogen) atoms. The van der Waals surface area contributed by atoms with Gasteiger partial charge in [0, 0.05) is 6.08 Å². The Morgan fingerprint density at radius 3 is 2.88 bits per heavy atom. The molecule has 0 aliphatic rings. The van der Waals surface area contributed by atoms with Crippen LogP contribution in [0.15, 0.2) is 35.1 Å². The topological polar surface area (TPSA) is 88.8 Å². The summed E-state index contributed by atoms with van der Waals surface area (Å²) in [6, 6.07) is 6.96. The van der Waals surface area contributed by atoms with Crippen LogP contribution in [-0.2, 0) is 4.79 Å². The second-order valence-electron chi connectivity index (χ2n) is 3.20. The molecule has 2 aromatic rings. The maximum Gasteiger partial charge on any atom is 0.259 e. The van der Waals surface area contributed by atoms with Gasteiger partial charge in [0.1, 0.15) is 5.82 Å². The zero-order valence-corrected chi connectivity index (χ0v) is 8.31. The normalized spacial score (nSPS) is 11.0. The van der Waals surface area contributed by atoms with E-state index in [1.807, 2.05) is 0 Å². The van der Waals surface area contributed by atoms with Crippen LogP contribution in [0.5, 0.6) is 0 Å². The van der Waals surface area contributed by atoms with Crippen molar-refractivity contribution < 1.29 is 4.79 Å². The maximum atomic E-state index is 11.6. The minimum atomic E-state index is -0.587. The van der Waals surface area contributed by atoms with Crippen molar-refractivity contribution in [1.82, 2.24) is 9.97 Å². The highest BCUT2D eigenvalue weighted by Crippen LogP contribution is 2.05. The molecule has 0 saturated heterocycles. The van der Waals surface area contributed by atoms with Crippen molar-refractivity contribution in [3.05, 3.63) is 46.5 Å². The van der Waals surface area contributed by atoms with E-state index in [1.54, 1.807) is 24.3 Å². The Morgan fingerprint density at radius 1 is 1.38 bits per heavy atom. The van der Waals surface area contributed by atoms with Crippen molar-refractivity contribution in [2.24, 2.45) is 5.73 Å². The summed E-state index contributed by atoms with van der Waals surface area (Å²) in [4.78, 5) is 28.8. The Morgan fingerprint density at radius 2 is 2.12 bits per heavy atom.